The molecule has 1 aliphatic carbocycles. The fourth-order valence-corrected chi connectivity index (χ4v) is 2.37. The fourth-order valence-electron chi connectivity index (χ4n) is 2.17. The highest BCUT2D eigenvalue weighted by molar-refractivity contribution is 6.32. The lowest BCUT2D eigenvalue weighted by Gasteiger charge is -2.23. The Morgan fingerprint density at radius 1 is 1.45 bits per heavy atom. The molecule has 1 saturated carbocycles. The Hall–Kier alpha value is -1.11. The molecule has 1 aromatic rings. The van der Waals surface area contributed by atoms with E-state index >= 15 is 0 Å². The quantitative estimate of drug-likeness (QED) is 0.883. The van der Waals surface area contributed by atoms with E-state index < -0.39 is 0 Å². The Balaban J connectivity index is 1.68. The van der Waals surface area contributed by atoms with Gasteiger partial charge in [-0.05, 0) is 18.8 Å². The number of anilines is 1. The van der Waals surface area contributed by atoms with Crippen molar-refractivity contribution in [1.29, 1.82) is 0 Å². The van der Waals surface area contributed by atoms with Crippen molar-refractivity contribution < 1.29 is 9.47 Å². The number of hydrogen-bond acceptors (Lipinski definition) is 5. The smallest absolute Gasteiger partial charge is 0.291 e. The van der Waals surface area contributed by atoms with Gasteiger partial charge in [0.25, 0.3) is 5.56 Å². The molecule has 1 atom stereocenters. The largest absolute Gasteiger partial charge is 0.377 e. The van der Waals surface area contributed by atoms with E-state index in [4.69, 9.17) is 21.1 Å². The van der Waals surface area contributed by atoms with Gasteiger partial charge in [-0.3, -0.25) is 4.79 Å². The molecule has 1 unspecified atom stereocenters. The molecule has 1 aromatic heterocycles. The van der Waals surface area contributed by atoms with Gasteiger partial charge in [-0.1, -0.05) is 11.6 Å². The minimum absolute atomic E-state index is 0.0516. The summed E-state index contributed by atoms with van der Waals surface area (Å²) in [7, 11) is 0. The minimum Gasteiger partial charge on any atom is -0.377 e. The van der Waals surface area contributed by atoms with Crippen LogP contribution in [0.2, 0.25) is 5.02 Å². The van der Waals surface area contributed by atoms with E-state index in [1.165, 1.54) is 23.7 Å². The van der Waals surface area contributed by atoms with Crippen LogP contribution >= 0.6 is 11.6 Å². The zero-order valence-electron chi connectivity index (χ0n) is 11.2. The molecule has 6 nitrogen and oxygen atoms in total. The van der Waals surface area contributed by atoms with E-state index in [1.807, 2.05) is 0 Å². The second kappa shape index (κ2) is 6.11. The van der Waals surface area contributed by atoms with Gasteiger partial charge in [-0.15, -0.1) is 0 Å². The highest BCUT2D eigenvalue weighted by Gasteiger charge is 2.24. The lowest BCUT2D eigenvalue weighted by Crippen LogP contribution is -2.36. The molecule has 0 spiro atoms. The van der Waals surface area contributed by atoms with Crippen LogP contribution in [-0.4, -0.2) is 42.2 Å². The molecule has 7 heteroatoms. The third kappa shape index (κ3) is 3.31. The normalized spacial score (nSPS) is 22.8. The van der Waals surface area contributed by atoms with Crippen molar-refractivity contribution in [2.45, 2.75) is 25.5 Å². The standard InChI is InChI=1S/C13H18ClN3O3/c14-11-6-16-17(7-9-1-2-9)13(18)12(11)15-5-10-8-19-3-4-20-10/h6,9-10,15H,1-5,7-8H2. The molecule has 0 radical (unpaired) electrons. The van der Waals surface area contributed by atoms with Gasteiger partial charge >= 0.3 is 0 Å². The maximum atomic E-state index is 12.3. The van der Waals surface area contributed by atoms with Crippen molar-refractivity contribution in [3.8, 4) is 0 Å². The average Bonchev–Trinajstić information content (AvgIpc) is 3.27. The van der Waals surface area contributed by atoms with Crippen LogP contribution in [0.3, 0.4) is 0 Å². The molecule has 20 heavy (non-hydrogen) atoms. The first-order valence-corrected chi connectivity index (χ1v) is 7.30. The summed E-state index contributed by atoms with van der Waals surface area (Å²) in [5.74, 6) is 0.587. The van der Waals surface area contributed by atoms with Crippen molar-refractivity contribution in [2.75, 3.05) is 31.7 Å². The average molecular weight is 300 g/mol. The van der Waals surface area contributed by atoms with Crippen LogP contribution in [0, 0.1) is 5.92 Å². The van der Waals surface area contributed by atoms with Crippen LogP contribution in [0.15, 0.2) is 11.0 Å². The number of aromatic nitrogens is 2. The maximum Gasteiger partial charge on any atom is 0.291 e. The SMILES string of the molecule is O=c1c(NCC2COCCO2)c(Cl)cnn1CC1CC1. The Labute approximate surface area is 122 Å². The van der Waals surface area contributed by atoms with Crippen LogP contribution < -0.4 is 10.9 Å². The maximum absolute atomic E-state index is 12.3. The van der Waals surface area contributed by atoms with Crippen LogP contribution in [0.25, 0.3) is 0 Å². The molecule has 2 heterocycles. The van der Waals surface area contributed by atoms with Gasteiger partial charge in [-0.2, -0.15) is 5.10 Å². The molecule has 1 N–H and O–H groups in total. The fraction of sp³-hybridized carbons (Fsp3) is 0.692. The Kier molecular flexibility index (Phi) is 4.24. The molecular formula is C13H18ClN3O3. The third-order valence-corrected chi connectivity index (χ3v) is 3.80. The van der Waals surface area contributed by atoms with Crippen LogP contribution in [0.5, 0.6) is 0 Å². The summed E-state index contributed by atoms with van der Waals surface area (Å²) in [6.45, 7) is 2.92. The Morgan fingerprint density at radius 3 is 3.00 bits per heavy atom. The number of halogens is 1. The first-order chi connectivity index (χ1) is 9.74. The molecule has 0 amide bonds. The second-order valence-corrected chi connectivity index (χ2v) is 5.65. The summed E-state index contributed by atoms with van der Waals surface area (Å²) in [6.07, 6.45) is 3.81. The number of nitrogens with zero attached hydrogens (tertiary/aromatic N) is 2. The highest BCUT2D eigenvalue weighted by Crippen LogP contribution is 2.30. The zero-order valence-corrected chi connectivity index (χ0v) is 11.9. The van der Waals surface area contributed by atoms with E-state index in [9.17, 15) is 4.79 Å². The predicted molar refractivity (Wildman–Crippen MR) is 75.3 cm³/mol. The van der Waals surface area contributed by atoms with Gasteiger partial charge in [0.15, 0.2) is 0 Å². The summed E-state index contributed by atoms with van der Waals surface area (Å²) in [5.41, 5.74) is 0.234. The molecular weight excluding hydrogens is 282 g/mol. The van der Waals surface area contributed by atoms with E-state index in [0.717, 1.165) is 0 Å². The molecule has 1 aliphatic heterocycles. The van der Waals surface area contributed by atoms with Gasteiger partial charge in [0.05, 0.1) is 37.1 Å². The summed E-state index contributed by atoms with van der Waals surface area (Å²) >= 11 is 6.06. The van der Waals surface area contributed by atoms with Crippen LogP contribution in [0.1, 0.15) is 12.8 Å². The van der Waals surface area contributed by atoms with Gasteiger partial charge in [-0.25, -0.2) is 4.68 Å². The molecule has 0 aromatic carbocycles. The minimum atomic E-state index is -0.166. The van der Waals surface area contributed by atoms with E-state index in [1.54, 1.807) is 0 Å². The van der Waals surface area contributed by atoms with Gasteiger partial charge < -0.3 is 14.8 Å². The first-order valence-electron chi connectivity index (χ1n) is 6.93. The van der Waals surface area contributed by atoms with Crippen molar-refractivity contribution in [1.82, 2.24) is 9.78 Å². The number of ether oxygens (including phenoxy) is 2. The zero-order chi connectivity index (χ0) is 13.9. The molecule has 1 saturated heterocycles. The summed E-state index contributed by atoms with van der Waals surface area (Å²) < 4.78 is 12.3. The highest BCUT2D eigenvalue weighted by atomic mass is 35.5. The molecule has 0 bridgehead atoms. The monoisotopic (exact) mass is 299 g/mol. The topological polar surface area (TPSA) is 65.4 Å². The molecule has 2 fully saturated rings. The first kappa shape index (κ1) is 13.9. The van der Waals surface area contributed by atoms with Crippen LogP contribution in [0.4, 0.5) is 5.69 Å². The van der Waals surface area contributed by atoms with Crippen molar-refractivity contribution in [2.24, 2.45) is 5.92 Å². The summed E-state index contributed by atoms with van der Waals surface area (Å²) in [4.78, 5) is 12.3. The Bertz CT molecular complexity index is 524. The van der Waals surface area contributed by atoms with Gasteiger partial charge in [0, 0.05) is 13.1 Å². The third-order valence-electron chi connectivity index (χ3n) is 3.52. The second-order valence-electron chi connectivity index (χ2n) is 5.25. The number of rotatable bonds is 5. The molecule has 110 valence electrons. The van der Waals surface area contributed by atoms with E-state index in [-0.39, 0.29) is 11.7 Å². The van der Waals surface area contributed by atoms with E-state index in [2.05, 4.69) is 10.4 Å². The Morgan fingerprint density at radius 2 is 2.30 bits per heavy atom. The number of hydrogen-bond donors (Lipinski definition) is 1. The number of nitrogens with one attached hydrogen (secondary N) is 1. The molecule has 2 aliphatic rings. The van der Waals surface area contributed by atoms with Crippen molar-refractivity contribution in [3.63, 3.8) is 0 Å². The van der Waals surface area contributed by atoms with E-state index in [0.29, 0.717) is 49.5 Å². The van der Waals surface area contributed by atoms with Crippen LogP contribution in [-0.2, 0) is 16.0 Å². The summed E-state index contributed by atoms with van der Waals surface area (Å²) in [5, 5.41) is 7.51. The lowest BCUT2D eigenvalue weighted by atomic mass is 10.3. The van der Waals surface area contributed by atoms with Crippen molar-refractivity contribution in [3.05, 3.63) is 21.6 Å². The predicted octanol–water partition coefficient (Wildman–Crippen LogP) is 1.13. The van der Waals surface area contributed by atoms with Gasteiger partial charge in [0.2, 0.25) is 0 Å². The van der Waals surface area contributed by atoms with Gasteiger partial charge in [0.1, 0.15) is 5.69 Å². The lowest BCUT2D eigenvalue weighted by molar-refractivity contribution is -0.0818. The summed E-state index contributed by atoms with van der Waals surface area (Å²) in [6, 6.07) is 0. The molecule has 3 rings (SSSR count). The van der Waals surface area contributed by atoms with Crippen molar-refractivity contribution >= 4 is 17.3 Å².